The second-order valence-corrected chi connectivity index (χ2v) is 5.00. The zero-order valence-corrected chi connectivity index (χ0v) is 11.9. The van der Waals surface area contributed by atoms with Crippen molar-refractivity contribution in [2.75, 3.05) is 13.1 Å². The maximum Gasteiger partial charge on any atom is 0.220 e. The number of nitrogens with zero attached hydrogens (tertiary/aromatic N) is 1. The van der Waals surface area contributed by atoms with Crippen LogP contribution in [0.15, 0.2) is 18.2 Å². The molecule has 0 fully saturated rings. The lowest BCUT2D eigenvalue weighted by atomic mass is 10.2. The SMILES string of the molecule is Cc1cccc2[nH]c(CCC(=O)NCCCCN)nc12. The molecule has 1 aromatic carbocycles. The van der Waals surface area contributed by atoms with Gasteiger partial charge in [-0.3, -0.25) is 4.79 Å². The normalized spacial score (nSPS) is 10.9. The van der Waals surface area contributed by atoms with Crippen LogP contribution in [-0.2, 0) is 11.2 Å². The standard InChI is InChI=1S/C15H22N4O/c1-11-5-4-6-12-15(11)19-13(18-12)7-8-14(20)17-10-3-2-9-16/h4-6H,2-3,7-10,16H2,1H3,(H,17,20)(H,18,19). The summed E-state index contributed by atoms with van der Waals surface area (Å²) in [4.78, 5) is 19.5. The number of fused-ring (bicyclic) bond motifs is 1. The van der Waals surface area contributed by atoms with Crippen LogP contribution in [0.3, 0.4) is 0 Å². The van der Waals surface area contributed by atoms with Crippen LogP contribution in [0.5, 0.6) is 0 Å². The third-order valence-corrected chi connectivity index (χ3v) is 3.31. The van der Waals surface area contributed by atoms with Crippen molar-refractivity contribution in [1.29, 1.82) is 0 Å². The van der Waals surface area contributed by atoms with Crippen LogP contribution in [0.25, 0.3) is 11.0 Å². The van der Waals surface area contributed by atoms with Crippen molar-refractivity contribution in [3.05, 3.63) is 29.6 Å². The van der Waals surface area contributed by atoms with Crippen molar-refractivity contribution in [1.82, 2.24) is 15.3 Å². The first-order valence-corrected chi connectivity index (χ1v) is 7.11. The lowest BCUT2D eigenvalue weighted by Gasteiger charge is -2.03. The van der Waals surface area contributed by atoms with Gasteiger partial charge in [-0.2, -0.15) is 0 Å². The average molecular weight is 274 g/mol. The van der Waals surface area contributed by atoms with Gasteiger partial charge in [-0.25, -0.2) is 4.98 Å². The molecule has 0 radical (unpaired) electrons. The summed E-state index contributed by atoms with van der Waals surface area (Å²) in [6.45, 7) is 3.42. The van der Waals surface area contributed by atoms with E-state index in [2.05, 4.69) is 15.3 Å². The van der Waals surface area contributed by atoms with E-state index in [9.17, 15) is 4.79 Å². The Kier molecular flexibility index (Phi) is 5.12. The molecule has 1 aromatic heterocycles. The summed E-state index contributed by atoms with van der Waals surface area (Å²) in [5.41, 5.74) is 8.58. The first-order chi connectivity index (χ1) is 9.70. The van der Waals surface area contributed by atoms with Crippen LogP contribution < -0.4 is 11.1 Å². The molecule has 20 heavy (non-hydrogen) atoms. The monoisotopic (exact) mass is 274 g/mol. The van der Waals surface area contributed by atoms with Crippen LogP contribution in [0.2, 0.25) is 0 Å². The number of para-hydroxylation sites is 1. The summed E-state index contributed by atoms with van der Waals surface area (Å²) in [7, 11) is 0. The topological polar surface area (TPSA) is 83.8 Å². The predicted octanol–water partition coefficient (Wildman–Crippen LogP) is 1.66. The number of unbranched alkanes of at least 4 members (excludes halogenated alkanes) is 1. The molecule has 0 aliphatic rings. The van der Waals surface area contributed by atoms with Gasteiger partial charge >= 0.3 is 0 Å². The molecule has 0 bridgehead atoms. The van der Waals surface area contributed by atoms with Crippen molar-refractivity contribution in [2.24, 2.45) is 5.73 Å². The van der Waals surface area contributed by atoms with Crippen molar-refractivity contribution in [2.45, 2.75) is 32.6 Å². The third-order valence-electron chi connectivity index (χ3n) is 3.31. The number of carbonyl (C=O) groups excluding carboxylic acids is 1. The predicted molar refractivity (Wildman–Crippen MR) is 80.4 cm³/mol. The van der Waals surface area contributed by atoms with Gasteiger partial charge in [-0.05, 0) is 37.9 Å². The highest BCUT2D eigenvalue weighted by molar-refractivity contribution is 5.79. The van der Waals surface area contributed by atoms with Crippen LogP contribution in [0, 0.1) is 6.92 Å². The average Bonchev–Trinajstić information content (AvgIpc) is 2.86. The molecule has 0 aliphatic heterocycles. The number of amides is 1. The molecule has 5 heteroatoms. The summed E-state index contributed by atoms with van der Waals surface area (Å²) < 4.78 is 0. The van der Waals surface area contributed by atoms with E-state index in [-0.39, 0.29) is 5.91 Å². The quantitative estimate of drug-likeness (QED) is 0.671. The summed E-state index contributed by atoms with van der Waals surface area (Å²) in [6.07, 6.45) is 2.98. The maximum absolute atomic E-state index is 11.7. The van der Waals surface area contributed by atoms with E-state index in [0.717, 1.165) is 35.3 Å². The van der Waals surface area contributed by atoms with Crippen LogP contribution in [-0.4, -0.2) is 29.0 Å². The number of carbonyl (C=O) groups is 1. The fourth-order valence-corrected chi connectivity index (χ4v) is 2.16. The molecule has 108 valence electrons. The molecule has 4 N–H and O–H groups in total. The van der Waals surface area contributed by atoms with Gasteiger partial charge in [-0.15, -0.1) is 0 Å². The number of hydrogen-bond acceptors (Lipinski definition) is 3. The molecule has 0 saturated heterocycles. The Morgan fingerprint density at radius 3 is 3.00 bits per heavy atom. The Labute approximate surface area is 119 Å². The number of nitrogens with two attached hydrogens (primary N) is 1. The van der Waals surface area contributed by atoms with Gasteiger partial charge in [0.15, 0.2) is 0 Å². The summed E-state index contributed by atoms with van der Waals surface area (Å²) in [6, 6.07) is 6.05. The number of aromatic nitrogens is 2. The Bertz CT molecular complexity index is 576. The molecule has 2 aromatic rings. The fourth-order valence-electron chi connectivity index (χ4n) is 2.16. The molecule has 0 saturated carbocycles. The largest absolute Gasteiger partial charge is 0.356 e. The molecule has 0 atom stereocenters. The minimum Gasteiger partial charge on any atom is -0.356 e. The van der Waals surface area contributed by atoms with Crippen LogP contribution in [0.1, 0.15) is 30.7 Å². The number of rotatable bonds is 7. The van der Waals surface area contributed by atoms with Gasteiger partial charge in [0.2, 0.25) is 5.91 Å². The molecule has 0 aliphatic carbocycles. The van der Waals surface area contributed by atoms with Gasteiger partial charge in [0.25, 0.3) is 0 Å². The maximum atomic E-state index is 11.7. The van der Waals surface area contributed by atoms with E-state index in [1.54, 1.807) is 0 Å². The number of aromatic amines is 1. The van der Waals surface area contributed by atoms with E-state index in [1.165, 1.54) is 0 Å². The summed E-state index contributed by atoms with van der Waals surface area (Å²) >= 11 is 0. The van der Waals surface area contributed by atoms with E-state index >= 15 is 0 Å². The number of benzene rings is 1. The molecule has 5 nitrogen and oxygen atoms in total. The fraction of sp³-hybridized carbons (Fsp3) is 0.467. The van der Waals surface area contributed by atoms with Gasteiger partial charge in [-0.1, -0.05) is 12.1 Å². The van der Waals surface area contributed by atoms with Crippen molar-refractivity contribution >= 4 is 16.9 Å². The number of aryl methyl sites for hydroxylation is 2. The molecule has 1 amide bonds. The van der Waals surface area contributed by atoms with Crippen LogP contribution >= 0.6 is 0 Å². The smallest absolute Gasteiger partial charge is 0.220 e. The third kappa shape index (κ3) is 3.81. The number of nitrogens with one attached hydrogen (secondary N) is 2. The van der Waals surface area contributed by atoms with E-state index in [4.69, 9.17) is 5.73 Å². The van der Waals surface area contributed by atoms with Crippen LogP contribution in [0.4, 0.5) is 0 Å². The molecular weight excluding hydrogens is 252 g/mol. The Hall–Kier alpha value is -1.88. The van der Waals surface area contributed by atoms with E-state index in [1.807, 2.05) is 25.1 Å². The Morgan fingerprint density at radius 2 is 2.25 bits per heavy atom. The molecule has 1 heterocycles. The molecule has 0 spiro atoms. The highest BCUT2D eigenvalue weighted by Crippen LogP contribution is 2.15. The van der Waals surface area contributed by atoms with Crippen molar-refractivity contribution in [3.63, 3.8) is 0 Å². The van der Waals surface area contributed by atoms with Gasteiger partial charge in [0.05, 0.1) is 11.0 Å². The summed E-state index contributed by atoms with van der Waals surface area (Å²) in [5.74, 6) is 0.936. The second-order valence-electron chi connectivity index (χ2n) is 5.00. The highest BCUT2D eigenvalue weighted by atomic mass is 16.1. The van der Waals surface area contributed by atoms with Gasteiger partial charge in [0, 0.05) is 19.4 Å². The van der Waals surface area contributed by atoms with E-state index in [0.29, 0.717) is 25.9 Å². The molecule has 0 unspecified atom stereocenters. The first kappa shape index (κ1) is 14.5. The van der Waals surface area contributed by atoms with Crippen molar-refractivity contribution < 1.29 is 4.79 Å². The zero-order chi connectivity index (χ0) is 14.4. The highest BCUT2D eigenvalue weighted by Gasteiger charge is 2.07. The summed E-state index contributed by atoms with van der Waals surface area (Å²) in [5, 5.41) is 2.90. The van der Waals surface area contributed by atoms with Gasteiger partial charge in [0.1, 0.15) is 5.82 Å². The number of H-pyrrole nitrogens is 1. The lowest BCUT2D eigenvalue weighted by molar-refractivity contribution is -0.121. The van der Waals surface area contributed by atoms with E-state index < -0.39 is 0 Å². The zero-order valence-electron chi connectivity index (χ0n) is 11.9. The minimum atomic E-state index is 0.0687. The second kappa shape index (κ2) is 7.05. The Balaban J connectivity index is 1.83. The Morgan fingerprint density at radius 1 is 1.40 bits per heavy atom. The van der Waals surface area contributed by atoms with Crippen molar-refractivity contribution in [3.8, 4) is 0 Å². The van der Waals surface area contributed by atoms with Gasteiger partial charge < -0.3 is 16.0 Å². The molecule has 2 rings (SSSR count). The first-order valence-electron chi connectivity index (χ1n) is 7.11. The lowest BCUT2D eigenvalue weighted by Crippen LogP contribution is -2.25. The number of hydrogen-bond donors (Lipinski definition) is 3. The molecular formula is C15H22N4O. The number of imidazole rings is 1. The minimum absolute atomic E-state index is 0.0687.